The summed E-state index contributed by atoms with van der Waals surface area (Å²) >= 11 is 0. The molecule has 1 aliphatic heterocycles. The summed E-state index contributed by atoms with van der Waals surface area (Å²) in [5, 5.41) is 11.6. The molecule has 0 spiro atoms. The fourth-order valence-corrected chi connectivity index (χ4v) is 5.90. The van der Waals surface area contributed by atoms with Crippen LogP contribution in [-0.4, -0.2) is 60.3 Å². The number of hydroxylamine groups is 1. The normalized spacial score (nSPS) is 19.5. The van der Waals surface area contributed by atoms with Gasteiger partial charge in [-0.2, -0.15) is 0 Å². The molecule has 0 amide bonds. The Morgan fingerprint density at radius 1 is 0.851 bits per heavy atom. The number of aliphatic hydroxyl groups excluding tert-OH is 1. The number of hydrogen-bond donors (Lipinski definition) is 3. The Bertz CT molecular complexity index is 1610. The molecule has 11 heteroatoms. The second-order valence-corrected chi connectivity index (χ2v) is 11.4. The summed E-state index contributed by atoms with van der Waals surface area (Å²) in [6.45, 7) is 2.61. The van der Waals surface area contributed by atoms with Gasteiger partial charge in [0.05, 0.1) is 20.8 Å². The third kappa shape index (κ3) is 7.66. The molecular formula is C36H43N3O8. The molecule has 1 fully saturated rings. The number of H-pyrrole nitrogens is 1. The van der Waals surface area contributed by atoms with E-state index < -0.39 is 41.4 Å². The lowest BCUT2D eigenvalue weighted by Gasteiger charge is -2.37. The van der Waals surface area contributed by atoms with E-state index in [2.05, 4.69) is 17.4 Å². The van der Waals surface area contributed by atoms with Crippen molar-refractivity contribution >= 4 is 0 Å². The zero-order valence-corrected chi connectivity index (χ0v) is 27.0. The van der Waals surface area contributed by atoms with E-state index in [-0.39, 0.29) is 6.61 Å². The van der Waals surface area contributed by atoms with Gasteiger partial charge in [0.15, 0.2) is 12.3 Å². The van der Waals surface area contributed by atoms with Crippen molar-refractivity contribution in [2.75, 3.05) is 27.4 Å². The lowest BCUT2D eigenvalue weighted by atomic mass is 9.80. The summed E-state index contributed by atoms with van der Waals surface area (Å²) in [7, 11) is 3.22. The van der Waals surface area contributed by atoms with E-state index in [1.54, 1.807) is 14.2 Å². The third-order valence-electron chi connectivity index (χ3n) is 8.43. The number of nitrogens with zero attached hydrogens (tertiary/aromatic N) is 1. The number of methoxy groups -OCH3 is 2. The zero-order valence-electron chi connectivity index (χ0n) is 27.0. The van der Waals surface area contributed by atoms with E-state index in [4.69, 9.17) is 23.8 Å². The Labute approximate surface area is 274 Å². The minimum absolute atomic E-state index is 0.0842. The summed E-state index contributed by atoms with van der Waals surface area (Å²) in [6.07, 6.45) is 1.34. The van der Waals surface area contributed by atoms with Crippen LogP contribution in [0.5, 0.6) is 11.5 Å². The molecule has 47 heavy (non-hydrogen) atoms. The van der Waals surface area contributed by atoms with Crippen molar-refractivity contribution in [3.05, 3.63) is 129 Å². The summed E-state index contributed by atoms with van der Waals surface area (Å²) < 4.78 is 25.4. The molecule has 3 N–H and O–H groups in total. The van der Waals surface area contributed by atoms with Crippen LogP contribution in [-0.2, 0) is 19.9 Å². The van der Waals surface area contributed by atoms with Gasteiger partial charge in [0.1, 0.15) is 29.3 Å². The van der Waals surface area contributed by atoms with Crippen molar-refractivity contribution in [1.82, 2.24) is 15.0 Å². The minimum Gasteiger partial charge on any atom is -0.497 e. The van der Waals surface area contributed by atoms with E-state index in [1.807, 2.05) is 78.9 Å². The molecule has 0 aliphatic carbocycles. The van der Waals surface area contributed by atoms with Gasteiger partial charge in [0, 0.05) is 18.8 Å². The lowest BCUT2D eigenvalue weighted by Crippen LogP contribution is -2.43. The first kappa shape index (κ1) is 34.1. The maximum atomic E-state index is 12.8. The number of hydrogen-bond acceptors (Lipinski definition) is 9. The Morgan fingerprint density at radius 2 is 1.47 bits per heavy atom. The molecule has 1 aliphatic rings. The van der Waals surface area contributed by atoms with Crippen LogP contribution in [0, 0.1) is 0 Å². The van der Waals surface area contributed by atoms with Gasteiger partial charge in [0.2, 0.25) is 0 Å². The van der Waals surface area contributed by atoms with Gasteiger partial charge < -0.3 is 24.1 Å². The highest BCUT2D eigenvalue weighted by Gasteiger charge is 2.48. The molecule has 4 aromatic rings. The van der Waals surface area contributed by atoms with Crippen LogP contribution in [0.25, 0.3) is 0 Å². The van der Waals surface area contributed by atoms with Gasteiger partial charge >= 0.3 is 5.69 Å². The average molecular weight is 646 g/mol. The number of aliphatic hydroxyl groups is 1. The number of nitrogens with one attached hydrogen (secondary N) is 2. The lowest BCUT2D eigenvalue weighted by molar-refractivity contribution is -0.114. The minimum atomic E-state index is -1.19. The summed E-state index contributed by atoms with van der Waals surface area (Å²) in [4.78, 5) is 32.9. The smallest absolute Gasteiger partial charge is 0.330 e. The Morgan fingerprint density at radius 3 is 2.04 bits per heavy atom. The number of ether oxygens (including phenoxy) is 4. The predicted molar refractivity (Wildman–Crippen MR) is 177 cm³/mol. The van der Waals surface area contributed by atoms with Gasteiger partial charge in [0.25, 0.3) is 5.56 Å². The third-order valence-corrected chi connectivity index (χ3v) is 8.43. The molecule has 5 rings (SSSR count). The van der Waals surface area contributed by atoms with Crippen molar-refractivity contribution in [2.24, 2.45) is 0 Å². The van der Waals surface area contributed by atoms with Gasteiger partial charge in [-0.25, -0.2) is 10.3 Å². The average Bonchev–Trinajstić information content (AvgIpc) is 3.41. The van der Waals surface area contributed by atoms with Gasteiger partial charge in [-0.15, -0.1) is 0 Å². The molecule has 250 valence electrons. The van der Waals surface area contributed by atoms with Gasteiger partial charge in [-0.1, -0.05) is 80.8 Å². The number of aromatic nitrogens is 2. The molecule has 0 bridgehead atoms. The van der Waals surface area contributed by atoms with Gasteiger partial charge in [-0.3, -0.25) is 19.2 Å². The molecule has 1 saturated heterocycles. The van der Waals surface area contributed by atoms with Crippen LogP contribution in [0.3, 0.4) is 0 Å². The first-order valence-electron chi connectivity index (χ1n) is 15.9. The largest absolute Gasteiger partial charge is 0.497 e. The van der Waals surface area contributed by atoms with Crippen LogP contribution >= 0.6 is 0 Å². The van der Waals surface area contributed by atoms with E-state index in [0.29, 0.717) is 18.0 Å². The van der Waals surface area contributed by atoms with Crippen molar-refractivity contribution < 1.29 is 28.9 Å². The fourth-order valence-electron chi connectivity index (χ4n) is 5.90. The second-order valence-electron chi connectivity index (χ2n) is 11.4. The Hall–Kier alpha value is -4.26. The van der Waals surface area contributed by atoms with Crippen LogP contribution in [0.1, 0.15) is 55.5 Å². The number of aromatic amines is 1. The van der Waals surface area contributed by atoms with Crippen LogP contribution < -0.4 is 26.2 Å². The highest BCUT2D eigenvalue weighted by Crippen LogP contribution is 2.43. The van der Waals surface area contributed by atoms with E-state index >= 15 is 0 Å². The quantitative estimate of drug-likeness (QED) is 0.0927. The molecule has 0 radical (unpaired) electrons. The first-order valence-corrected chi connectivity index (χ1v) is 15.9. The molecule has 1 aromatic heterocycles. The summed E-state index contributed by atoms with van der Waals surface area (Å²) in [5.74, 6) is 1.38. The predicted octanol–water partition coefficient (Wildman–Crippen LogP) is 4.29. The van der Waals surface area contributed by atoms with Gasteiger partial charge in [-0.05, 0) is 47.4 Å². The van der Waals surface area contributed by atoms with Crippen molar-refractivity contribution in [2.45, 2.75) is 62.7 Å². The molecule has 3 aromatic carbocycles. The number of benzene rings is 3. The monoisotopic (exact) mass is 645 g/mol. The van der Waals surface area contributed by atoms with Crippen molar-refractivity contribution in [3.63, 3.8) is 0 Å². The Balaban J connectivity index is 1.50. The summed E-state index contributed by atoms with van der Waals surface area (Å²) in [6, 6.07) is 26.3. The van der Waals surface area contributed by atoms with Crippen LogP contribution in [0.15, 0.2) is 101 Å². The molecule has 11 nitrogen and oxygen atoms in total. The SMILES string of the molecule is CCCCCCNO[C@@H]1[C@H](O)[C@@H](COC(c2ccccc2)(c2ccc(OC)cc2)c2ccc(OC)cc2)O[C@H]1n1ccc(=O)[nH]c1=O. The summed E-state index contributed by atoms with van der Waals surface area (Å²) in [5.41, 5.74) is 3.06. The van der Waals surface area contributed by atoms with Crippen molar-refractivity contribution in [3.8, 4) is 11.5 Å². The maximum Gasteiger partial charge on any atom is 0.330 e. The molecule has 0 saturated carbocycles. The highest BCUT2D eigenvalue weighted by molar-refractivity contribution is 5.49. The Kier molecular flexibility index (Phi) is 11.6. The molecule has 2 heterocycles. The highest BCUT2D eigenvalue weighted by atomic mass is 16.7. The zero-order chi connectivity index (χ0) is 33.2. The molecule has 0 unspecified atom stereocenters. The van der Waals surface area contributed by atoms with Crippen LogP contribution in [0.4, 0.5) is 0 Å². The number of rotatable bonds is 16. The van der Waals surface area contributed by atoms with Crippen molar-refractivity contribution in [1.29, 1.82) is 0 Å². The van der Waals surface area contributed by atoms with Crippen LogP contribution in [0.2, 0.25) is 0 Å². The van der Waals surface area contributed by atoms with E-state index in [9.17, 15) is 14.7 Å². The molecular weight excluding hydrogens is 602 g/mol. The molecule has 4 atom stereocenters. The first-order chi connectivity index (χ1) is 22.9. The second kappa shape index (κ2) is 16.0. The standard InChI is InChI=1S/C36H43N3O8/c1-4-5-6-10-22-37-47-33-32(41)30(46-34(33)39-23-21-31(40)38-35(39)42)24-45-36(25-11-8-7-9-12-25,26-13-17-28(43-2)18-14-26)27-15-19-29(44-3)20-16-27/h7-9,11-21,23,30,32-34,37,41H,4-6,10,22,24H2,1-3H3,(H,38,40,42)/t30-,32-,33-,34-/m1/s1. The van der Waals surface area contributed by atoms with E-state index in [1.165, 1.54) is 16.8 Å². The maximum absolute atomic E-state index is 12.8. The van der Waals surface area contributed by atoms with E-state index in [0.717, 1.165) is 42.4 Å². The fraction of sp³-hybridized carbons (Fsp3) is 0.389. The topological polar surface area (TPSA) is 133 Å². The number of unbranched alkanes of at least 4 members (excludes halogenated alkanes) is 3.